The predicted octanol–water partition coefficient (Wildman–Crippen LogP) is 2.78. The molecule has 4 N–H and O–H groups in total. The van der Waals surface area contributed by atoms with Crippen molar-refractivity contribution in [1.82, 2.24) is 0 Å². The fraction of sp³-hybridized carbons (Fsp3) is 0.235. The van der Waals surface area contributed by atoms with Gasteiger partial charge in [0.1, 0.15) is 0 Å². The van der Waals surface area contributed by atoms with Crippen molar-refractivity contribution in [2.75, 3.05) is 17.2 Å². The van der Waals surface area contributed by atoms with E-state index >= 15 is 0 Å². The highest BCUT2D eigenvalue weighted by molar-refractivity contribution is 5.92. The molecular formula is C17H21N3O. The van der Waals surface area contributed by atoms with Gasteiger partial charge in [0.2, 0.25) is 5.91 Å². The van der Waals surface area contributed by atoms with E-state index < -0.39 is 5.91 Å². The lowest BCUT2D eigenvalue weighted by atomic mass is 10.1. The Labute approximate surface area is 125 Å². The first-order chi connectivity index (χ1) is 10.1. The standard InChI is InChI=1S/C17H21N3O/c1-2-11-20(16-9-7-15(18)8-10-16)12-13-3-5-14(6-4-13)17(19)21/h3-10H,2,11-12,18H2,1H3,(H2,19,21). The van der Waals surface area contributed by atoms with Crippen LogP contribution < -0.4 is 16.4 Å². The molecule has 2 rings (SSSR count). The van der Waals surface area contributed by atoms with Crippen LogP contribution in [0, 0.1) is 0 Å². The number of nitrogen functional groups attached to an aromatic ring is 1. The average molecular weight is 283 g/mol. The molecule has 0 radical (unpaired) electrons. The van der Waals surface area contributed by atoms with Gasteiger partial charge >= 0.3 is 0 Å². The Kier molecular flexibility index (Phi) is 4.82. The number of nitrogens with zero attached hydrogens (tertiary/aromatic N) is 1. The number of nitrogens with two attached hydrogens (primary N) is 2. The monoisotopic (exact) mass is 283 g/mol. The summed E-state index contributed by atoms with van der Waals surface area (Å²) >= 11 is 0. The van der Waals surface area contributed by atoms with Crippen LogP contribution in [-0.4, -0.2) is 12.5 Å². The van der Waals surface area contributed by atoms with Gasteiger partial charge in [-0.15, -0.1) is 0 Å². The third-order valence-corrected chi connectivity index (χ3v) is 3.36. The summed E-state index contributed by atoms with van der Waals surface area (Å²) in [4.78, 5) is 13.4. The van der Waals surface area contributed by atoms with Gasteiger partial charge in [0.05, 0.1) is 0 Å². The Morgan fingerprint density at radius 1 is 1.05 bits per heavy atom. The van der Waals surface area contributed by atoms with Gasteiger partial charge in [-0.1, -0.05) is 19.1 Å². The highest BCUT2D eigenvalue weighted by Gasteiger charge is 2.07. The largest absolute Gasteiger partial charge is 0.399 e. The summed E-state index contributed by atoms with van der Waals surface area (Å²) in [6.07, 6.45) is 1.06. The van der Waals surface area contributed by atoms with E-state index in [2.05, 4.69) is 11.8 Å². The van der Waals surface area contributed by atoms with Gasteiger partial charge in [-0.3, -0.25) is 4.79 Å². The molecule has 0 aliphatic heterocycles. The number of hydrogen-bond acceptors (Lipinski definition) is 3. The van der Waals surface area contributed by atoms with Crippen molar-refractivity contribution in [3.05, 3.63) is 59.7 Å². The SMILES string of the molecule is CCCN(Cc1ccc(C(N)=O)cc1)c1ccc(N)cc1. The molecule has 0 unspecified atom stereocenters. The Bertz CT molecular complexity index is 590. The van der Waals surface area contributed by atoms with Crippen molar-refractivity contribution in [1.29, 1.82) is 0 Å². The van der Waals surface area contributed by atoms with Gasteiger partial charge in [0.25, 0.3) is 0 Å². The molecule has 0 aliphatic rings. The summed E-state index contributed by atoms with van der Waals surface area (Å²) < 4.78 is 0. The topological polar surface area (TPSA) is 72.3 Å². The smallest absolute Gasteiger partial charge is 0.248 e. The number of rotatable bonds is 6. The van der Waals surface area contributed by atoms with Crippen LogP contribution in [0.25, 0.3) is 0 Å². The maximum absolute atomic E-state index is 11.1. The van der Waals surface area contributed by atoms with Crippen LogP contribution in [0.5, 0.6) is 0 Å². The fourth-order valence-corrected chi connectivity index (χ4v) is 2.25. The number of carbonyl (C=O) groups excluding carboxylic acids is 1. The van der Waals surface area contributed by atoms with Crippen LogP contribution >= 0.6 is 0 Å². The van der Waals surface area contributed by atoms with Crippen LogP contribution in [-0.2, 0) is 6.54 Å². The maximum Gasteiger partial charge on any atom is 0.248 e. The lowest BCUT2D eigenvalue weighted by Crippen LogP contribution is -2.23. The Morgan fingerprint density at radius 2 is 1.67 bits per heavy atom. The second-order valence-corrected chi connectivity index (χ2v) is 5.07. The molecule has 2 aromatic carbocycles. The zero-order valence-corrected chi connectivity index (χ0v) is 12.3. The molecule has 0 spiro atoms. The fourth-order valence-electron chi connectivity index (χ4n) is 2.25. The maximum atomic E-state index is 11.1. The third-order valence-electron chi connectivity index (χ3n) is 3.36. The molecule has 2 aromatic rings. The van der Waals surface area contributed by atoms with Crippen LogP contribution in [0.4, 0.5) is 11.4 Å². The summed E-state index contributed by atoms with van der Waals surface area (Å²) in [6, 6.07) is 15.3. The Balaban J connectivity index is 2.15. The van der Waals surface area contributed by atoms with Crippen LogP contribution in [0.3, 0.4) is 0 Å². The first kappa shape index (κ1) is 14.9. The summed E-state index contributed by atoms with van der Waals surface area (Å²) in [5, 5.41) is 0. The molecule has 0 atom stereocenters. The Morgan fingerprint density at radius 3 is 2.19 bits per heavy atom. The number of carbonyl (C=O) groups is 1. The first-order valence-electron chi connectivity index (χ1n) is 7.09. The molecule has 4 heteroatoms. The zero-order chi connectivity index (χ0) is 15.2. The van der Waals surface area contributed by atoms with E-state index in [1.165, 1.54) is 0 Å². The molecular weight excluding hydrogens is 262 g/mol. The minimum atomic E-state index is -0.398. The molecule has 0 saturated carbocycles. The lowest BCUT2D eigenvalue weighted by molar-refractivity contribution is 0.100. The third kappa shape index (κ3) is 3.99. The Hall–Kier alpha value is -2.49. The number of benzene rings is 2. The van der Waals surface area contributed by atoms with E-state index in [0.29, 0.717) is 5.56 Å². The van der Waals surface area contributed by atoms with Gasteiger partial charge in [0.15, 0.2) is 0 Å². The number of amides is 1. The predicted molar refractivity (Wildman–Crippen MR) is 87.2 cm³/mol. The van der Waals surface area contributed by atoms with E-state index in [9.17, 15) is 4.79 Å². The van der Waals surface area contributed by atoms with E-state index in [-0.39, 0.29) is 0 Å². The quantitative estimate of drug-likeness (QED) is 0.801. The van der Waals surface area contributed by atoms with Gasteiger partial charge in [-0.05, 0) is 48.4 Å². The highest BCUT2D eigenvalue weighted by Crippen LogP contribution is 2.19. The molecule has 1 amide bonds. The molecule has 21 heavy (non-hydrogen) atoms. The van der Waals surface area contributed by atoms with Gasteiger partial charge < -0.3 is 16.4 Å². The molecule has 110 valence electrons. The van der Waals surface area contributed by atoms with Crippen molar-refractivity contribution >= 4 is 17.3 Å². The number of anilines is 2. The highest BCUT2D eigenvalue weighted by atomic mass is 16.1. The van der Waals surface area contributed by atoms with Crippen LogP contribution in [0.1, 0.15) is 29.3 Å². The first-order valence-corrected chi connectivity index (χ1v) is 7.09. The van der Waals surface area contributed by atoms with Crippen molar-refractivity contribution in [2.45, 2.75) is 19.9 Å². The summed E-state index contributed by atoms with van der Waals surface area (Å²) in [5.74, 6) is -0.398. The molecule has 0 aliphatic carbocycles. The molecule has 0 heterocycles. The van der Waals surface area contributed by atoms with Crippen molar-refractivity contribution in [3.63, 3.8) is 0 Å². The second-order valence-electron chi connectivity index (χ2n) is 5.07. The summed E-state index contributed by atoms with van der Waals surface area (Å²) in [5.41, 5.74) is 14.6. The van der Waals surface area contributed by atoms with E-state index in [1.807, 2.05) is 36.4 Å². The summed E-state index contributed by atoms with van der Waals surface area (Å²) in [7, 11) is 0. The van der Waals surface area contributed by atoms with Crippen molar-refractivity contribution in [3.8, 4) is 0 Å². The molecule has 0 aromatic heterocycles. The van der Waals surface area contributed by atoms with E-state index in [1.54, 1.807) is 12.1 Å². The van der Waals surface area contributed by atoms with Crippen molar-refractivity contribution < 1.29 is 4.79 Å². The van der Waals surface area contributed by atoms with E-state index in [0.717, 1.165) is 36.4 Å². The van der Waals surface area contributed by atoms with Gasteiger partial charge in [0, 0.05) is 30.0 Å². The molecule has 4 nitrogen and oxygen atoms in total. The normalized spacial score (nSPS) is 10.3. The van der Waals surface area contributed by atoms with E-state index in [4.69, 9.17) is 11.5 Å². The van der Waals surface area contributed by atoms with Crippen LogP contribution in [0.15, 0.2) is 48.5 Å². The molecule has 0 fully saturated rings. The van der Waals surface area contributed by atoms with Crippen LogP contribution in [0.2, 0.25) is 0 Å². The van der Waals surface area contributed by atoms with Crippen molar-refractivity contribution in [2.24, 2.45) is 5.73 Å². The zero-order valence-electron chi connectivity index (χ0n) is 12.3. The number of primary amides is 1. The number of hydrogen-bond donors (Lipinski definition) is 2. The average Bonchev–Trinajstić information content (AvgIpc) is 2.48. The lowest BCUT2D eigenvalue weighted by Gasteiger charge is -2.24. The van der Waals surface area contributed by atoms with Gasteiger partial charge in [-0.2, -0.15) is 0 Å². The summed E-state index contributed by atoms with van der Waals surface area (Å²) in [6.45, 7) is 3.90. The van der Waals surface area contributed by atoms with Gasteiger partial charge in [-0.25, -0.2) is 0 Å². The second kappa shape index (κ2) is 6.79. The molecule has 0 bridgehead atoms. The minimum Gasteiger partial charge on any atom is -0.399 e. The molecule has 0 saturated heterocycles. The minimum absolute atomic E-state index is 0.398.